The molecule has 0 radical (unpaired) electrons. The minimum atomic E-state index is -0.416. The number of aromatic nitrogens is 1. The monoisotopic (exact) mass is 304 g/mol. The molecule has 1 N–H and O–H groups in total. The van der Waals surface area contributed by atoms with E-state index in [2.05, 4.69) is 16.4 Å². The van der Waals surface area contributed by atoms with Crippen molar-refractivity contribution in [3.05, 3.63) is 77.5 Å². The molecule has 2 heterocycles. The Morgan fingerprint density at radius 3 is 2.83 bits per heavy atom. The normalized spacial score (nSPS) is 16.8. The van der Waals surface area contributed by atoms with Gasteiger partial charge in [0, 0.05) is 17.5 Å². The summed E-state index contributed by atoms with van der Waals surface area (Å²) in [5, 5.41) is 4.25. The lowest BCUT2D eigenvalue weighted by Crippen LogP contribution is -2.33. The van der Waals surface area contributed by atoms with E-state index in [1.54, 1.807) is 6.07 Å². The predicted octanol–water partition coefficient (Wildman–Crippen LogP) is 3.24. The summed E-state index contributed by atoms with van der Waals surface area (Å²) in [7, 11) is 0. The number of carbonyl (C=O) groups is 1. The third kappa shape index (κ3) is 2.69. The van der Waals surface area contributed by atoms with Crippen LogP contribution in [0.1, 0.15) is 27.8 Å². The fourth-order valence-electron chi connectivity index (χ4n) is 2.92. The van der Waals surface area contributed by atoms with Crippen molar-refractivity contribution in [2.75, 3.05) is 6.54 Å². The number of benzene rings is 2. The fourth-order valence-corrected chi connectivity index (χ4v) is 2.92. The van der Waals surface area contributed by atoms with Gasteiger partial charge in [-0.2, -0.15) is 0 Å². The molecule has 0 bridgehead atoms. The molecule has 3 aromatic rings. The number of rotatable bonds is 2. The SMILES string of the molecule is O=C(OC1NCCc2ccccc21)c1ccc2ccccc2n1. The Hall–Kier alpha value is -2.72. The molecule has 23 heavy (non-hydrogen) atoms. The summed E-state index contributed by atoms with van der Waals surface area (Å²) in [6, 6.07) is 19.3. The van der Waals surface area contributed by atoms with Crippen LogP contribution in [0, 0.1) is 0 Å². The number of pyridine rings is 1. The zero-order valence-corrected chi connectivity index (χ0v) is 12.5. The summed E-state index contributed by atoms with van der Waals surface area (Å²) in [4.78, 5) is 16.8. The number of hydrogen-bond acceptors (Lipinski definition) is 4. The molecule has 0 saturated carbocycles. The van der Waals surface area contributed by atoms with Gasteiger partial charge in [-0.25, -0.2) is 9.78 Å². The van der Waals surface area contributed by atoms with Crippen molar-refractivity contribution in [1.29, 1.82) is 0 Å². The molecule has 0 spiro atoms. The average molecular weight is 304 g/mol. The van der Waals surface area contributed by atoms with Crippen molar-refractivity contribution in [3.63, 3.8) is 0 Å². The van der Waals surface area contributed by atoms with Crippen molar-refractivity contribution in [2.24, 2.45) is 0 Å². The Morgan fingerprint density at radius 1 is 1.04 bits per heavy atom. The van der Waals surface area contributed by atoms with E-state index in [0.29, 0.717) is 5.69 Å². The zero-order valence-electron chi connectivity index (χ0n) is 12.5. The summed E-state index contributed by atoms with van der Waals surface area (Å²) in [5.74, 6) is -0.412. The fraction of sp³-hybridized carbons (Fsp3) is 0.158. The van der Waals surface area contributed by atoms with Gasteiger partial charge in [0.2, 0.25) is 0 Å². The number of para-hydroxylation sites is 1. The van der Waals surface area contributed by atoms with Crippen molar-refractivity contribution >= 4 is 16.9 Å². The zero-order chi connectivity index (χ0) is 15.6. The molecule has 1 aromatic heterocycles. The topological polar surface area (TPSA) is 51.2 Å². The van der Waals surface area contributed by atoms with Crippen LogP contribution in [0.3, 0.4) is 0 Å². The second-order valence-electron chi connectivity index (χ2n) is 5.58. The highest BCUT2D eigenvalue weighted by Gasteiger charge is 2.23. The third-order valence-electron chi connectivity index (χ3n) is 4.09. The summed E-state index contributed by atoms with van der Waals surface area (Å²) in [5.41, 5.74) is 3.36. The van der Waals surface area contributed by atoms with E-state index in [1.807, 2.05) is 48.5 Å². The van der Waals surface area contributed by atoms with Crippen LogP contribution in [0.15, 0.2) is 60.7 Å². The molecular formula is C19H16N2O2. The molecule has 114 valence electrons. The van der Waals surface area contributed by atoms with Crippen LogP contribution < -0.4 is 5.32 Å². The van der Waals surface area contributed by atoms with E-state index in [4.69, 9.17) is 4.74 Å². The number of ether oxygens (including phenoxy) is 1. The minimum absolute atomic E-state index is 0.327. The van der Waals surface area contributed by atoms with E-state index < -0.39 is 12.2 Å². The number of carbonyl (C=O) groups excluding carboxylic acids is 1. The first-order valence-electron chi connectivity index (χ1n) is 7.69. The molecule has 0 saturated heterocycles. The molecule has 0 aliphatic carbocycles. The summed E-state index contributed by atoms with van der Waals surface area (Å²) in [6.45, 7) is 0.792. The molecular weight excluding hydrogens is 288 g/mol. The van der Waals surface area contributed by atoms with Crippen LogP contribution in [0.5, 0.6) is 0 Å². The van der Waals surface area contributed by atoms with Crippen molar-refractivity contribution in [3.8, 4) is 0 Å². The predicted molar refractivity (Wildman–Crippen MR) is 88.0 cm³/mol. The lowest BCUT2D eigenvalue weighted by Gasteiger charge is -2.26. The van der Waals surface area contributed by atoms with Gasteiger partial charge >= 0.3 is 5.97 Å². The number of esters is 1. The van der Waals surface area contributed by atoms with Gasteiger partial charge in [-0.1, -0.05) is 48.5 Å². The van der Waals surface area contributed by atoms with Crippen LogP contribution in [-0.4, -0.2) is 17.5 Å². The summed E-state index contributed by atoms with van der Waals surface area (Å²) in [6.07, 6.45) is 0.527. The Kier molecular flexibility index (Phi) is 3.52. The Morgan fingerprint density at radius 2 is 1.87 bits per heavy atom. The van der Waals surface area contributed by atoms with Gasteiger partial charge in [0.1, 0.15) is 5.69 Å². The van der Waals surface area contributed by atoms with E-state index >= 15 is 0 Å². The van der Waals surface area contributed by atoms with Crippen molar-refractivity contribution in [1.82, 2.24) is 10.3 Å². The smallest absolute Gasteiger partial charge is 0.358 e. The van der Waals surface area contributed by atoms with Gasteiger partial charge in [0.25, 0.3) is 0 Å². The second kappa shape index (κ2) is 5.82. The van der Waals surface area contributed by atoms with E-state index in [-0.39, 0.29) is 0 Å². The summed E-state index contributed by atoms with van der Waals surface area (Å²) < 4.78 is 5.64. The Labute approximate surface area is 134 Å². The molecule has 1 atom stereocenters. The highest BCUT2D eigenvalue weighted by Crippen LogP contribution is 2.24. The van der Waals surface area contributed by atoms with E-state index in [0.717, 1.165) is 29.4 Å². The Bertz CT molecular complexity index is 876. The Balaban J connectivity index is 1.60. The van der Waals surface area contributed by atoms with Gasteiger partial charge in [-0.3, -0.25) is 5.32 Å². The maximum atomic E-state index is 12.4. The number of hydrogen-bond donors (Lipinski definition) is 1. The van der Waals surface area contributed by atoms with Gasteiger partial charge in [-0.15, -0.1) is 0 Å². The summed E-state index contributed by atoms with van der Waals surface area (Å²) >= 11 is 0. The first-order chi connectivity index (χ1) is 11.3. The highest BCUT2D eigenvalue weighted by molar-refractivity contribution is 5.91. The van der Waals surface area contributed by atoms with Gasteiger partial charge in [0.15, 0.2) is 6.23 Å². The number of fused-ring (bicyclic) bond motifs is 2. The molecule has 1 aliphatic heterocycles. The molecule has 4 rings (SSSR count). The first-order valence-corrected chi connectivity index (χ1v) is 7.69. The number of nitrogens with one attached hydrogen (secondary N) is 1. The first kappa shape index (κ1) is 13.9. The largest absolute Gasteiger partial charge is 0.437 e. The molecule has 4 nitrogen and oxygen atoms in total. The lowest BCUT2D eigenvalue weighted by molar-refractivity contribution is 0.0185. The van der Waals surface area contributed by atoms with E-state index in [1.165, 1.54) is 5.56 Å². The highest BCUT2D eigenvalue weighted by atomic mass is 16.6. The van der Waals surface area contributed by atoms with Gasteiger partial charge < -0.3 is 4.74 Å². The third-order valence-corrected chi connectivity index (χ3v) is 4.09. The quantitative estimate of drug-likeness (QED) is 0.739. The standard InChI is InChI=1S/C19H16N2O2/c22-19(17-10-9-14-6-2-4-8-16(14)21-17)23-18-15-7-3-1-5-13(15)11-12-20-18/h1-10,18,20H,11-12H2. The maximum absolute atomic E-state index is 12.4. The van der Waals surface area contributed by atoms with Gasteiger partial charge in [-0.05, 0) is 24.1 Å². The van der Waals surface area contributed by atoms with Crippen molar-refractivity contribution in [2.45, 2.75) is 12.6 Å². The maximum Gasteiger partial charge on any atom is 0.358 e. The number of nitrogens with zero attached hydrogens (tertiary/aromatic N) is 1. The van der Waals surface area contributed by atoms with Gasteiger partial charge in [0.05, 0.1) is 5.52 Å². The van der Waals surface area contributed by atoms with Crippen LogP contribution >= 0.6 is 0 Å². The van der Waals surface area contributed by atoms with E-state index in [9.17, 15) is 4.79 Å². The van der Waals surface area contributed by atoms with Crippen LogP contribution in [0.4, 0.5) is 0 Å². The molecule has 4 heteroatoms. The molecule has 1 unspecified atom stereocenters. The van der Waals surface area contributed by atoms with Crippen LogP contribution in [0.2, 0.25) is 0 Å². The molecule has 0 fully saturated rings. The second-order valence-corrected chi connectivity index (χ2v) is 5.58. The molecule has 0 amide bonds. The lowest BCUT2D eigenvalue weighted by atomic mass is 10.00. The molecule has 1 aliphatic rings. The van der Waals surface area contributed by atoms with Crippen molar-refractivity contribution < 1.29 is 9.53 Å². The molecule has 2 aromatic carbocycles. The van der Waals surface area contributed by atoms with Crippen LogP contribution in [-0.2, 0) is 11.2 Å². The average Bonchev–Trinajstić information content (AvgIpc) is 2.61. The minimum Gasteiger partial charge on any atom is -0.437 e. The van der Waals surface area contributed by atoms with Crippen LogP contribution in [0.25, 0.3) is 10.9 Å².